The molecule has 3 aromatic carbocycles. The quantitative estimate of drug-likeness (QED) is 0.168. The number of pyridine rings is 4. The van der Waals surface area contributed by atoms with Crippen LogP contribution in [0.2, 0.25) is 0 Å². The van der Waals surface area contributed by atoms with E-state index in [0.29, 0.717) is 28.1 Å². The summed E-state index contributed by atoms with van der Waals surface area (Å²) < 4.78 is 72.6. The summed E-state index contributed by atoms with van der Waals surface area (Å²) in [6.45, 7) is -6.64. The first-order valence-electron chi connectivity index (χ1n) is 18.2. The Morgan fingerprint density at radius 1 is 0.711 bits per heavy atom. The molecule has 0 aliphatic rings. The van der Waals surface area contributed by atoms with Crippen molar-refractivity contribution < 1.29 is 36.9 Å². The number of aromatic nitrogens is 4. The van der Waals surface area contributed by atoms with Gasteiger partial charge >= 0.3 is 0 Å². The van der Waals surface area contributed by atoms with Crippen LogP contribution in [-0.4, -0.2) is 19.9 Å². The van der Waals surface area contributed by atoms with Crippen LogP contribution in [-0.2, 0) is 20.1 Å². The Bertz CT molecular complexity index is 2530. The molecule has 0 atom stereocenters. The summed E-state index contributed by atoms with van der Waals surface area (Å²) in [5, 5.41) is 2.66. The summed E-state index contributed by atoms with van der Waals surface area (Å²) in [4.78, 5) is 17.3. The summed E-state index contributed by atoms with van der Waals surface area (Å²) in [7, 11) is 0. The van der Waals surface area contributed by atoms with Crippen molar-refractivity contribution in [2.75, 3.05) is 0 Å². The number of fused-ring (bicyclic) bond motifs is 4. The maximum Gasteiger partial charge on any atom is 0.216 e. The maximum atomic E-state index is 7.62. The van der Waals surface area contributed by atoms with Crippen molar-refractivity contribution in [1.29, 1.82) is 0 Å². The van der Waals surface area contributed by atoms with Crippen molar-refractivity contribution in [2.45, 2.75) is 20.6 Å². The summed E-state index contributed by atoms with van der Waals surface area (Å²) in [5.41, 5.74) is 6.84. The van der Waals surface area contributed by atoms with Gasteiger partial charge in [0.05, 0.1) is 11.1 Å². The molecule has 6 heteroatoms. The van der Waals surface area contributed by atoms with Gasteiger partial charge in [-0.3, -0.25) is 4.98 Å². The third-order valence-electron chi connectivity index (χ3n) is 7.10. The van der Waals surface area contributed by atoms with E-state index < -0.39 is 20.6 Å². The summed E-state index contributed by atoms with van der Waals surface area (Å²) in [5.74, 6) is 0. The zero-order chi connectivity index (χ0) is 37.5. The van der Waals surface area contributed by atoms with E-state index >= 15 is 0 Å². The maximum absolute atomic E-state index is 7.62. The number of hydrogen-bond donors (Lipinski definition) is 0. The second kappa shape index (κ2) is 12.9. The molecule has 0 fully saturated rings. The molecule has 0 saturated carbocycles. The molecule has 0 saturated heterocycles. The molecule has 5 nitrogen and oxygen atoms in total. The van der Waals surface area contributed by atoms with Crippen LogP contribution in [0.25, 0.3) is 66.6 Å². The Hall–Kier alpha value is -5.03. The molecule has 5 heterocycles. The molecule has 8 rings (SSSR count). The van der Waals surface area contributed by atoms with Crippen LogP contribution in [0.3, 0.4) is 0 Å². The van der Waals surface area contributed by atoms with Crippen LogP contribution in [0.1, 0.15) is 29.2 Å². The third-order valence-corrected chi connectivity index (χ3v) is 7.10. The number of furan rings is 1. The van der Waals surface area contributed by atoms with E-state index in [4.69, 9.17) is 16.8 Å². The second-order valence-electron chi connectivity index (χ2n) is 10.0. The number of rotatable bonds is 3. The van der Waals surface area contributed by atoms with Gasteiger partial charge in [0, 0.05) is 67.5 Å². The van der Waals surface area contributed by atoms with Crippen molar-refractivity contribution in [3.05, 3.63) is 145 Å². The van der Waals surface area contributed by atoms with Gasteiger partial charge in [-0.15, -0.1) is 53.6 Å². The molecule has 8 aromatic rings. The first-order chi connectivity index (χ1) is 25.1. The number of benzene rings is 3. The summed E-state index contributed by atoms with van der Waals surface area (Å²) in [6, 6.07) is 34.7. The average Bonchev–Trinajstić information content (AvgIpc) is 3.52. The van der Waals surface area contributed by atoms with E-state index in [-0.39, 0.29) is 42.6 Å². The minimum atomic E-state index is -2.30. The van der Waals surface area contributed by atoms with Crippen LogP contribution in [0.5, 0.6) is 0 Å². The van der Waals surface area contributed by atoms with Gasteiger partial charge in [-0.1, -0.05) is 48.1 Å². The van der Waals surface area contributed by atoms with Crippen LogP contribution in [0, 0.1) is 32.7 Å². The van der Waals surface area contributed by atoms with Crippen LogP contribution >= 0.6 is 0 Å². The Kier molecular flexibility index (Phi) is 5.98. The largest absolute Gasteiger partial charge is 0.486 e. The first-order valence-corrected chi connectivity index (χ1v) is 13.7. The fourth-order valence-corrected chi connectivity index (χ4v) is 4.95. The standard InChI is InChI=1S/C26H16N3O.C13H12N.Ir/c1-16-7-9-21-20-5-2-6-22(25(20)30-26(21)29-16)24-15-18(11-13-28-24)17-8-10-23-19(14-17)4-3-12-27-23;1-10-3-6-12(7-4-10)13-8-5-11(2)9-14-13;/h2-5,7-15H,1H3;3-6,8-9H,1-2H3;/q2*-1;/i1D3;1D3,2D3;. The summed E-state index contributed by atoms with van der Waals surface area (Å²) >= 11 is 0. The van der Waals surface area contributed by atoms with Crippen molar-refractivity contribution in [3.8, 4) is 33.6 Å². The minimum Gasteiger partial charge on any atom is -0.486 e. The fourth-order valence-electron chi connectivity index (χ4n) is 4.95. The number of nitrogens with zero attached hydrogens (tertiary/aromatic N) is 4. The van der Waals surface area contributed by atoms with Gasteiger partial charge in [-0.2, -0.15) is 0 Å². The molecule has 221 valence electrons. The normalized spacial score (nSPS) is 14.6. The molecule has 0 bridgehead atoms. The van der Waals surface area contributed by atoms with Crippen molar-refractivity contribution >= 4 is 33.0 Å². The van der Waals surface area contributed by atoms with Gasteiger partial charge in [-0.05, 0) is 78.2 Å². The number of aryl methyl sites for hydroxylation is 3. The van der Waals surface area contributed by atoms with Gasteiger partial charge in [0.1, 0.15) is 0 Å². The molecule has 1 radical (unpaired) electrons. The molecular weight excluding hydrogens is 733 g/mol. The minimum absolute atomic E-state index is 0. The van der Waals surface area contributed by atoms with Crippen LogP contribution < -0.4 is 0 Å². The summed E-state index contributed by atoms with van der Waals surface area (Å²) in [6.07, 6.45) is 4.85. The zero-order valence-electron chi connectivity index (χ0n) is 32.5. The fraction of sp³-hybridized carbons (Fsp3) is 0.0769. The average molecular weight is 770 g/mol. The molecule has 5 aromatic heterocycles. The molecular formula is C39H28IrN4O-2. The van der Waals surface area contributed by atoms with E-state index in [0.717, 1.165) is 32.8 Å². The van der Waals surface area contributed by atoms with Gasteiger partial charge in [0.25, 0.3) is 0 Å². The zero-order valence-corrected chi connectivity index (χ0v) is 25.9. The predicted octanol–water partition coefficient (Wildman–Crippen LogP) is 9.53. The van der Waals surface area contributed by atoms with Crippen LogP contribution in [0.15, 0.2) is 120 Å². The van der Waals surface area contributed by atoms with Gasteiger partial charge < -0.3 is 14.4 Å². The molecule has 0 aliphatic carbocycles. The predicted molar refractivity (Wildman–Crippen MR) is 177 cm³/mol. The SMILES string of the molecule is [2H]C([2H])([2H])c1c[c-]c(-c2ccc(C([2H])([2H])[2H])cn2)cc1.[2H]C([2H])([2H])c1ccc2c(n1)oc1c(-c3cc(-c4ccc5ncccc5c4)ccn3)[c-]ccc12.[Ir]. The van der Waals surface area contributed by atoms with Gasteiger partial charge in [-0.25, -0.2) is 4.98 Å². The van der Waals surface area contributed by atoms with E-state index in [2.05, 4.69) is 38.1 Å². The van der Waals surface area contributed by atoms with Gasteiger partial charge in [0.2, 0.25) is 5.71 Å². The van der Waals surface area contributed by atoms with Crippen molar-refractivity contribution in [3.63, 3.8) is 0 Å². The molecule has 0 N–H and O–H groups in total. The van der Waals surface area contributed by atoms with Gasteiger partial charge in [0.15, 0.2) is 0 Å². The monoisotopic (exact) mass is 770 g/mol. The topological polar surface area (TPSA) is 64.7 Å². The van der Waals surface area contributed by atoms with Crippen LogP contribution in [0.4, 0.5) is 0 Å². The Morgan fingerprint density at radius 2 is 1.62 bits per heavy atom. The molecule has 0 amide bonds. The third kappa shape index (κ3) is 6.30. The van der Waals surface area contributed by atoms with E-state index in [9.17, 15) is 0 Å². The Morgan fingerprint density at radius 3 is 2.44 bits per heavy atom. The molecule has 0 aliphatic heterocycles. The molecule has 0 unspecified atom stereocenters. The van der Waals surface area contributed by atoms with E-state index in [1.807, 2.05) is 48.5 Å². The Balaban J connectivity index is 0.000000205. The van der Waals surface area contributed by atoms with E-state index in [1.165, 1.54) is 30.5 Å². The number of hydrogen-bond acceptors (Lipinski definition) is 5. The van der Waals surface area contributed by atoms with E-state index in [1.54, 1.807) is 30.6 Å². The smallest absolute Gasteiger partial charge is 0.216 e. The Labute approximate surface area is 288 Å². The van der Waals surface area contributed by atoms with Crippen molar-refractivity contribution in [2.24, 2.45) is 0 Å². The first kappa shape index (κ1) is 20.8. The molecule has 45 heavy (non-hydrogen) atoms. The second-order valence-corrected chi connectivity index (χ2v) is 10.0. The van der Waals surface area contributed by atoms with Crippen molar-refractivity contribution in [1.82, 2.24) is 19.9 Å². The molecule has 0 spiro atoms.